The number of nitrogens with zero attached hydrogens (tertiary/aromatic N) is 3. The van der Waals surface area contributed by atoms with Gasteiger partial charge in [-0.15, -0.1) is 0 Å². The van der Waals surface area contributed by atoms with Crippen molar-refractivity contribution in [1.82, 2.24) is 4.57 Å². The van der Waals surface area contributed by atoms with Crippen molar-refractivity contribution in [3.05, 3.63) is 61.9 Å². The lowest BCUT2D eigenvalue weighted by atomic mass is 10.0. The third-order valence-corrected chi connectivity index (χ3v) is 5.19. The normalized spacial score (nSPS) is 15.2. The Bertz CT molecular complexity index is 1190. The molecule has 0 atom stereocenters. The van der Waals surface area contributed by atoms with Crippen LogP contribution in [0.4, 0.5) is 5.69 Å². The molecule has 1 aliphatic rings. The van der Waals surface area contributed by atoms with Crippen LogP contribution in [0.2, 0.25) is 0 Å². The molecule has 2 aromatic rings. The van der Waals surface area contributed by atoms with Crippen molar-refractivity contribution in [2.75, 3.05) is 5.01 Å². The fourth-order valence-corrected chi connectivity index (χ4v) is 3.23. The van der Waals surface area contributed by atoms with Crippen LogP contribution in [-0.2, 0) is 11.8 Å². The van der Waals surface area contributed by atoms with E-state index < -0.39 is 17.3 Å². The molecule has 0 fully saturated rings. The first-order valence-corrected chi connectivity index (χ1v) is 8.96. The fourth-order valence-electron chi connectivity index (χ4n) is 3.23. The van der Waals surface area contributed by atoms with Gasteiger partial charge in [0.2, 0.25) is 5.88 Å². The average molecular weight is 394 g/mol. The Kier molecular flexibility index (Phi) is 4.88. The minimum Gasteiger partial charge on any atom is -0.494 e. The van der Waals surface area contributed by atoms with Gasteiger partial charge in [0.15, 0.2) is 0 Å². The zero-order valence-electron chi connectivity index (χ0n) is 16.9. The van der Waals surface area contributed by atoms with Crippen molar-refractivity contribution in [3.8, 4) is 5.88 Å². The summed E-state index contributed by atoms with van der Waals surface area (Å²) in [5, 5.41) is 15.7. The molecule has 2 amide bonds. The maximum Gasteiger partial charge on any atom is 0.280 e. The molecule has 1 aliphatic heterocycles. The van der Waals surface area contributed by atoms with E-state index in [4.69, 9.17) is 5.73 Å². The summed E-state index contributed by atoms with van der Waals surface area (Å²) in [6.07, 6.45) is 1.39. The van der Waals surface area contributed by atoms with Crippen molar-refractivity contribution in [3.63, 3.8) is 0 Å². The van der Waals surface area contributed by atoms with Gasteiger partial charge in [-0.05, 0) is 62.6 Å². The van der Waals surface area contributed by atoms with E-state index in [-0.39, 0.29) is 28.2 Å². The number of carbonyl (C=O) groups excluding carboxylic acids is 2. The number of benzene rings is 1. The molecule has 0 saturated heterocycles. The zero-order valence-corrected chi connectivity index (χ0v) is 16.9. The zero-order chi connectivity index (χ0) is 21.6. The van der Waals surface area contributed by atoms with Crippen LogP contribution in [0.3, 0.4) is 0 Å². The maximum atomic E-state index is 13.0. The SMILES string of the molecule is CC1=NN(c2ccc(C)c(C)c2)C(=O)/C1=C\c1c(C)c(C(N)=O)c(O)n(C)c1=O. The Morgan fingerprint density at radius 1 is 1.14 bits per heavy atom. The molecule has 0 bridgehead atoms. The summed E-state index contributed by atoms with van der Waals surface area (Å²) in [5.41, 5.74) is 8.34. The second kappa shape index (κ2) is 7.05. The van der Waals surface area contributed by atoms with Crippen molar-refractivity contribution < 1.29 is 14.7 Å². The van der Waals surface area contributed by atoms with E-state index in [0.29, 0.717) is 11.4 Å². The van der Waals surface area contributed by atoms with Crippen LogP contribution in [0.15, 0.2) is 33.7 Å². The molecule has 0 saturated carbocycles. The van der Waals surface area contributed by atoms with E-state index >= 15 is 0 Å². The molecule has 0 radical (unpaired) electrons. The van der Waals surface area contributed by atoms with Gasteiger partial charge in [0, 0.05) is 12.6 Å². The smallest absolute Gasteiger partial charge is 0.280 e. The molecule has 8 heteroatoms. The lowest BCUT2D eigenvalue weighted by Gasteiger charge is -2.14. The number of aryl methyl sites for hydroxylation is 2. The van der Waals surface area contributed by atoms with Crippen molar-refractivity contribution in [2.45, 2.75) is 27.7 Å². The Morgan fingerprint density at radius 3 is 2.38 bits per heavy atom. The molecule has 1 aromatic heterocycles. The van der Waals surface area contributed by atoms with Gasteiger partial charge in [0.05, 0.1) is 17.0 Å². The summed E-state index contributed by atoms with van der Waals surface area (Å²) in [5.74, 6) is -1.77. The third-order valence-electron chi connectivity index (χ3n) is 5.19. The molecule has 0 aliphatic carbocycles. The molecule has 0 unspecified atom stereocenters. The number of nitrogens with two attached hydrogens (primary N) is 1. The standard InChI is InChI=1S/C21H22N4O4/c1-10-6-7-14(8-11(10)2)25-20(28)16(13(4)23-25)9-15-12(3)17(18(22)26)21(29)24(5)19(15)27/h6-9,29H,1-5H3,(H2,22,26)/b16-9-. The first-order chi connectivity index (χ1) is 13.5. The van der Waals surface area contributed by atoms with E-state index in [0.717, 1.165) is 15.7 Å². The predicted molar refractivity (Wildman–Crippen MR) is 111 cm³/mol. The van der Waals surface area contributed by atoms with Crippen molar-refractivity contribution >= 4 is 29.3 Å². The molecular weight excluding hydrogens is 372 g/mol. The minimum atomic E-state index is -0.866. The molecule has 3 N–H and O–H groups in total. The summed E-state index contributed by atoms with van der Waals surface area (Å²) in [6.45, 7) is 7.09. The van der Waals surface area contributed by atoms with Crippen LogP contribution in [0, 0.1) is 20.8 Å². The second-order valence-electron chi connectivity index (χ2n) is 7.09. The molecule has 150 valence electrons. The van der Waals surface area contributed by atoms with E-state index in [1.54, 1.807) is 13.0 Å². The number of aromatic nitrogens is 1. The van der Waals surface area contributed by atoms with Crippen LogP contribution >= 0.6 is 0 Å². The molecular formula is C21H22N4O4. The number of hydrogen-bond acceptors (Lipinski definition) is 5. The van der Waals surface area contributed by atoms with Gasteiger partial charge in [-0.25, -0.2) is 0 Å². The lowest BCUT2D eigenvalue weighted by Crippen LogP contribution is -2.27. The van der Waals surface area contributed by atoms with Crippen LogP contribution in [0.5, 0.6) is 5.88 Å². The summed E-state index contributed by atoms with van der Waals surface area (Å²) in [4.78, 5) is 37.4. The molecule has 29 heavy (non-hydrogen) atoms. The van der Waals surface area contributed by atoms with Gasteiger partial charge in [-0.1, -0.05) is 6.07 Å². The quantitative estimate of drug-likeness (QED) is 0.773. The number of pyridine rings is 1. The third kappa shape index (κ3) is 3.22. The summed E-state index contributed by atoms with van der Waals surface area (Å²) in [6, 6.07) is 5.57. The van der Waals surface area contributed by atoms with Gasteiger partial charge < -0.3 is 10.8 Å². The number of rotatable bonds is 3. The number of amides is 2. The topological polar surface area (TPSA) is 118 Å². The highest BCUT2D eigenvalue weighted by atomic mass is 16.3. The number of aromatic hydroxyl groups is 1. The largest absolute Gasteiger partial charge is 0.494 e. The highest BCUT2D eigenvalue weighted by Crippen LogP contribution is 2.28. The maximum absolute atomic E-state index is 13.0. The van der Waals surface area contributed by atoms with E-state index in [1.165, 1.54) is 25.1 Å². The number of anilines is 1. The Morgan fingerprint density at radius 2 is 1.79 bits per heavy atom. The second-order valence-corrected chi connectivity index (χ2v) is 7.09. The first-order valence-electron chi connectivity index (χ1n) is 8.96. The fraction of sp³-hybridized carbons (Fsp3) is 0.238. The van der Waals surface area contributed by atoms with Gasteiger partial charge in [0.1, 0.15) is 5.56 Å². The van der Waals surface area contributed by atoms with Crippen LogP contribution < -0.4 is 16.3 Å². The number of hydrogen-bond donors (Lipinski definition) is 2. The summed E-state index contributed by atoms with van der Waals surface area (Å²) in [7, 11) is 1.32. The van der Waals surface area contributed by atoms with E-state index in [2.05, 4.69) is 5.10 Å². The van der Waals surface area contributed by atoms with Crippen molar-refractivity contribution in [2.24, 2.45) is 17.9 Å². The number of carbonyl (C=O) groups is 2. The van der Waals surface area contributed by atoms with E-state index in [9.17, 15) is 19.5 Å². The van der Waals surface area contributed by atoms with Gasteiger partial charge in [-0.2, -0.15) is 10.1 Å². The van der Waals surface area contributed by atoms with Gasteiger partial charge >= 0.3 is 0 Å². The number of hydrazone groups is 1. The Hall–Kier alpha value is -3.68. The highest BCUT2D eigenvalue weighted by molar-refractivity contribution is 6.32. The first kappa shape index (κ1) is 20.1. The highest BCUT2D eigenvalue weighted by Gasteiger charge is 2.30. The molecule has 1 aromatic carbocycles. The molecule has 8 nitrogen and oxygen atoms in total. The summed E-state index contributed by atoms with van der Waals surface area (Å²) >= 11 is 0. The molecule has 0 spiro atoms. The van der Waals surface area contributed by atoms with Crippen molar-refractivity contribution in [1.29, 1.82) is 0 Å². The average Bonchev–Trinajstić information content (AvgIpc) is 2.93. The number of primary amides is 1. The van der Waals surface area contributed by atoms with Crippen LogP contribution in [0.1, 0.15) is 39.5 Å². The predicted octanol–water partition coefficient (Wildman–Crippen LogP) is 1.92. The van der Waals surface area contributed by atoms with Gasteiger partial charge in [-0.3, -0.25) is 19.0 Å². The Labute approximate surface area is 167 Å². The van der Waals surface area contributed by atoms with Crippen LogP contribution in [-0.4, -0.2) is 27.2 Å². The monoisotopic (exact) mass is 394 g/mol. The summed E-state index contributed by atoms with van der Waals surface area (Å²) < 4.78 is 0.923. The van der Waals surface area contributed by atoms with Gasteiger partial charge in [0.25, 0.3) is 17.4 Å². The van der Waals surface area contributed by atoms with E-state index in [1.807, 2.05) is 26.0 Å². The lowest BCUT2D eigenvalue weighted by molar-refractivity contribution is -0.114. The minimum absolute atomic E-state index is 0.0962. The molecule has 2 heterocycles. The molecule has 3 rings (SSSR count). The van der Waals surface area contributed by atoms with Crippen LogP contribution in [0.25, 0.3) is 6.08 Å². The Balaban J connectivity index is 2.14.